The number of hydrogen-bond acceptors (Lipinski definition) is 2. The molecule has 0 saturated heterocycles. The minimum atomic E-state index is -1.69. The van der Waals surface area contributed by atoms with E-state index in [9.17, 15) is 0 Å². The van der Waals surface area contributed by atoms with Crippen LogP contribution < -0.4 is 4.43 Å². The molecule has 32 heavy (non-hydrogen) atoms. The summed E-state index contributed by atoms with van der Waals surface area (Å²) in [5.74, 6) is 1.72. The van der Waals surface area contributed by atoms with Gasteiger partial charge in [0.15, 0.2) is 8.32 Å². The lowest BCUT2D eigenvalue weighted by Crippen LogP contribution is -2.35. The first-order valence-electron chi connectivity index (χ1n) is 13.3. The van der Waals surface area contributed by atoms with Crippen LogP contribution in [0.15, 0.2) is 18.2 Å². The Morgan fingerprint density at radius 2 is 1.59 bits per heavy atom. The third kappa shape index (κ3) is 9.34. The molecule has 2 nitrogen and oxygen atoms in total. The van der Waals surface area contributed by atoms with Crippen LogP contribution in [0, 0.1) is 0 Å². The minimum Gasteiger partial charge on any atom is -0.544 e. The first-order chi connectivity index (χ1) is 14.8. The highest BCUT2D eigenvalue weighted by atomic mass is 28.4. The van der Waals surface area contributed by atoms with Gasteiger partial charge in [0.1, 0.15) is 5.75 Å². The Morgan fingerprint density at radius 3 is 2.22 bits per heavy atom. The highest BCUT2D eigenvalue weighted by Gasteiger charge is 2.31. The van der Waals surface area contributed by atoms with Gasteiger partial charge in [0.2, 0.25) is 8.32 Å². The molecule has 0 radical (unpaired) electrons. The molecule has 4 heteroatoms. The van der Waals surface area contributed by atoms with E-state index in [1.807, 2.05) is 0 Å². The van der Waals surface area contributed by atoms with Gasteiger partial charge >= 0.3 is 0 Å². The SMILES string of the molecule is CCCCCCCC(C)(C)c1ccc([C@H]2CCC[C@@H](O[Si](C)(C)C)C2)c(O[Si](C)(C)C)c1. The summed E-state index contributed by atoms with van der Waals surface area (Å²) in [4.78, 5) is 0. The molecule has 2 atom stereocenters. The van der Waals surface area contributed by atoms with Gasteiger partial charge in [-0.1, -0.05) is 71.4 Å². The van der Waals surface area contributed by atoms with Gasteiger partial charge in [-0.2, -0.15) is 0 Å². The van der Waals surface area contributed by atoms with Crippen LogP contribution in [-0.4, -0.2) is 22.7 Å². The molecule has 0 spiro atoms. The van der Waals surface area contributed by atoms with Gasteiger partial charge < -0.3 is 8.85 Å². The third-order valence-electron chi connectivity index (χ3n) is 6.70. The predicted octanol–water partition coefficient (Wildman–Crippen LogP) is 9.42. The van der Waals surface area contributed by atoms with Gasteiger partial charge in [-0.15, -0.1) is 0 Å². The first-order valence-corrected chi connectivity index (χ1v) is 20.1. The van der Waals surface area contributed by atoms with E-state index in [0.29, 0.717) is 12.0 Å². The van der Waals surface area contributed by atoms with Gasteiger partial charge in [0.05, 0.1) is 0 Å². The summed E-state index contributed by atoms with van der Waals surface area (Å²) >= 11 is 0. The molecule has 0 heterocycles. The van der Waals surface area contributed by atoms with E-state index in [-0.39, 0.29) is 5.41 Å². The predicted molar refractivity (Wildman–Crippen MR) is 146 cm³/mol. The lowest BCUT2D eigenvalue weighted by atomic mass is 9.77. The molecule has 1 saturated carbocycles. The van der Waals surface area contributed by atoms with Crippen molar-refractivity contribution in [1.29, 1.82) is 0 Å². The van der Waals surface area contributed by atoms with E-state index < -0.39 is 16.6 Å². The van der Waals surface area contributed by atoms with Crippen molar-refractivity contribution < 1.29 is 8.85 Å². The lowest BCUT2D eigenvalue weighted by molar-refractivity contribution is 0.136. The number of benzene rings is 1. The molecule has 0 bridgehead atoms. The summed E-state index contributed by atoms with van der Waals surface area (Å²) < 4.78 is 13.3. The highest BCUT2D eigenvalue weighted by molar-refractivity contribution is 6.70. The third-order valence-corrected chi connectivity index (χ3v) is 8.58. The minimum absolute atomic E-state index is 0.193. The fourth-order valence-electron chi connectivity index (χ4n) is 5.06. The Bertz CT molecular complexity index is 700. The Kier molecular flexibility index (Phi) is 10.1. The molecule has 2 rings (SSSR count). The Morgan fingerprint density at radius 1 is 0.906 bits per heavy atom. The van der Waals surface area contributed by atoms with Gasteiger partial charge in [-0.3, -0.25) is 0 Å². The lowest BCUT2D eigenvalue weighted by Gasteiger charge is -2.35. The summed E-state index contributed by atoms with van der Waals surface area (Å²) in [5, 5.41) is 0. The van der Waals surface area contributed by atoms with Crippen molar-refractivity contribution in [3.05, 3.63) is 29.3 Å². The van der Waals surface area contributed by atoms with E-state index in [0.717, 1.165) is 6.42 Å². The van der Waals surface area contributed by atoms with Crippen molar-refractivity contribution in [2.75, 3.05) is 0 Å². The molecule has 184 valence electrons. The van der Waals surface area contributed by atoms with E-state index in [2.05, 4.69) is 78.3 Å². The van der Waals surface area contributed by atoms with Crippen LogP contribution >= 0.6 is 0 Å². The van der Waals surface area contributed by atoms with Crippen LogP contribution in [0.25, 0.3) is 0 Å². The summed E-state index contributed by atoms with van der Waals surface area (Å²) in [7, 11) is -3.20. The topological polar surface area (TPSA) is 18.5 Å². The van der Waals surface area contributed by atoms with Gasteiger partial charge in [-0.25, -0.2) is 0 Å². The monoisotopic (exact) mass is 476 g/mol. The fraction of sp³-hybridized carbons (Fsp3) is 0.786. The van der Waals surface area contributed by atoms with Crippen LogP contribution in [0.4, 0.5) is 0 Å². The summed E-state index contributed by atoms with van der Waals surface area (Å²) in [5.41, 5.74) is 3.06. The largest absolute Gasteiger partial charge is 0.544 e. The van der Waals surface area contributed by atoms with Crippen LogP contribution in [0.1, 0.15) is 102 Å². The fourth-order valence-corrected chi connectivity index (χ4v) is 7.11. The highest BCUT2D eigenvalue weighted by Crippen LogP contribution is 2.42. The molecular weight excluding hydrogens is 424 g/mol. The zero-order valence-electron chi connectivity index (χ0n) is 22.8. The Hall–Kier alpha value is -0.586. The van der Waals surface area contributed by atoms with Crippen molar-refractivity contribution in [2.45, 2.75) is 142 Å². The van der Waals surface area contributed by atoms with E-state index in [1.165, 1.54) is 74.7 Å². The zero-order chi connectivity index (χ0) is 24.0. The second-order valence-electron chi connectivity index (χ2n) is 12.7. The number of unbranched alkanes of at least 4 members (excludes halogenated alkanes) is 4. The maximum Gasteiger partial charge on any atom is 0.242 e. The zero-order valence-corrected chi connectivity index (χ0v) is 24.8. The quantitative estimate of drug-likeness (QED) is 0.221. The second-order valence-corrected chi connectivity index (χ2v) is 21.6. The molecular formula is C28H52O2Si2. The molecule has 0 aliphatic heterocycles. The van der Waals surface area contributed by atoms with Crippen LogP contribution in [-0.2, 0) is 9.84 Å². The molecule has 1 aliphatic rings. The summed E-state index contributed by atoms with van der Waals surface area (Å²) in [6, 6.07) is 7.22. The maximum absolute atomic E-state index is 6.72. The molecule has 1 aromatic rings. The average molecular weight is 477 g/mol. The summed E-state index contributed by atoms with van der Waals surface area (Å²) in [6.07, 6.45) is 13.3. The van der Waals surface area contributed by atoms with Crippen LogP contribution in [0.5, 0.6) is 5.75 Å². The van der Waals surface area contributed by atoms with E-state index >= 15 is 0 Å². The second kappa shape index (κ2) is 11.7. The summed E-state index contributed by atoms with van der Waals surface area (Å²) in [6.45, 7) is 21.0. The molecule has 1 aromatic carbocycles. The first kappa shape index (κ1) is 27.7. The van der Waals surface area contributed by atoms with E-state index in [1.54, 1.807) is 0 Å². The molecule has 1 aliphatic carbocycles. The van der Waals surface area contributed by atoms with Crippen molar-refractivity contribution >= 4 is 16.6 Å². The van der Waals surface area contributed by atoms with Crippen molar-refractivity contribution in [3.8, 4) is 5.75 Å². The van der Waals surface area contributed by atoms with E-state index in [4.69, 9.17) is 8.85 Å². The average Bonchev–Trinajstić information content (AvgIpc) is 2.65. The number of hydrogen-bond donors (Lipinski definition) is 0. The van der Waals surface area contributed by atoms with Crippen molar-refractivity contribution in [3.63, 3.8) is 0 Å². The molecule has 0 aromatic heterocycles. The molecule has 0 amide bonds. The van der Waals surface area contributed by atoms with Crippen LogP contribution in [0.2, 0.25) is 39.3 Å². The van der Waals surface area contributed by atoms with Crippen molar-refractivity contribution in [1.82, 2.24) is 0 Å². The van der Waals surface area contributed by atoms with Gasteiger partial charge in [0.25, 0.3) is 0 Å². The number of rotatable bonds is 12. The molecule has 0 N–H and O–H groups in total. The Labute approximate surface area is 202 Å². The van der Waals surface area contributed by atoms with Crippen LogP contribution in [0.3, 0.4) is 0 Å². The van der Waals surface area contributed by atoms with Gasteiger partial charge in [0, 0.05) is 6.10 Å². The standard InChI is InChI=1S/C28H52O2Si2/c1-10-11-12-13-14-20-28(2,3)24-18-19-26(27(22-24)30-32(7,8)9)23-16-15-17-25(21-23)29-31(4,5)6/h18-19,22-23,25H,10-17,20-21H2,1-9H3/t23-,25+/m0/s1. The smallest absolute Gasteiger partial charge is 0.242 e. The maximum atomic E-state index is 6.72. The normalized spacial score (nSPS) is 20.4. The Balaban J connectivity index is 2.22. The molecule has 0 unspecified atom stereocenters. The van der Waals surface area contributed by atoms with Crippen molar-refractivity contribution in [2.24, 2.45) is 0 Å². The van der Waals surface area contributed by atoms with Gasteiger partial charge in [-0.05, 0) is 93.5 Å². The molecule has 1 fully saturated rings.